The van der Waals surface area contributed by atoms with E-state index >= 15 is 0 Å². The van der Waals surface area contributed by atoms with Gasteiger partial charge in [-0.05, 0) is 80.3 Å². The zero-order valence-electron chi connectivity index (χ0n) is 17.9. The monoisotopic (exact) mass is 392 g/mol. The summed E-state index contributed by atoms with van der Waals surface area (Å²) in [4.78, 5) is 9.45. The second-order valence-electron chi connectivity index (χ2n) is 8.09. The van der Waals surface area contributed by atoms with Crippen molar-refractivity contribution >= 4 is 12.4 Å². The molecular formula is C25H32N2O2. The van der Waals surface area contributed by atoms with Crippen LogP contribution in [0.5, 0.6) is 11.5 Å². The molecule has 0 saturated heterocycles. The molecule has 1 fully saturated rings. The van der Waals surface area contributed by atoms with Gasteiger partial charge in [0.25, 0.3) is 0 Å². The van der Waals surface area contributed by atoms with Crippen molar-refractivity contribution in [3.63, 3.8) is 0 Å². The van der Waals surface area contributed by atoms with E-state index in [4.69, 9.17) is 9.98 Å². The summed E-state index contributed by atoms with van der Waals surface area (Å²) in [5, 5.41) is 20.6. The van der Waals surface area contributed by atoms with Crippen LogP contribution in [0.2, 0.25) is 0 Å². The first-order chi connectivity index (χ1) is 13.9. The number of aryl methyl sites for hydroxylation is 4. The number of hydrogen-bond acceptors (Lipinski definition) is 4. The number of phenolic OH excluding ortho intramolecular Hbond substituents is 2. The van der Waals surface area contributed by atoms with Gasteiger partial charge in [0.1, 0.15) is 11.5 Å². The molecule has 0 heterocycles. The minimum absolute atomic E-state index is 0.222. The molecule has 0 bridgehead atoms. The van der Waals surface area contributed by atoms with Gasteiger partial charge in [-0.3, -0.25) is 9.98 Å². The Bertz CT molecular complexity index is 855. The minimum atomic E-state index is 0.222. The largest absolute Gasteiger partial charge is 0.507 e. The summed E-state index contributed by atoms with van der Waals surface area (Å²) in [7, 11) is 0. The maximum absolute atomic E-state index is 10.3. The van der Waals surface area contributed by atoms with Gasteiger partial charge < -0.3 is 10.2 Å². The molecule has 154 valence electrons. The third kappa shape index (κ3) is 5.06. The number of aliphatic imine (C=N–C) groups is 2. The number of hydrogen-bond donors (Lipinski definition) is 2. The third-order valence-corrected chi connectivity index (χ3v) is 5.82. The average molecular weight is 393 g/mol. The van der Waals surface area contributed by atoms with Gasteiger partial charge in [-0.15, -0.1) is 0 Å². The molecule has 3 rings (SSSR count). The lowest BCUT2D eigenvalue weighted by molar-refractivity contribution is 0.469. The van der Waals surface area contributed by atoms with Crippen LogP contribution < -0.4 is 0 Å². The lowest BCUT2D eigenvalue weighted by atomic mass is 10.0. The molecule has 1 saturated carbocycles. The summed E-state index contributed by atoms with van der Waals surface area (Å²) in [5.74, 6) is 0.639. The lowest BCUT2D eigenvalue weighted by Gasteiger charge is -2.08. The minimum Gasteiger partial charge on any atom is -0.507 e. The highest BCUT2D eigenvalue weighted by Crippen LogP contribution is 2.28. The van der Waals surface area contributed by atoms with Crippen LogP contribution in [-0.4, -0.2) is 34.7 Å². The molecule has 0 amide bonds. The zero-order valence-corrected chi connectivity index (χ0v) is 17.9. The van der Waals surface area contributed by atoms with Crippen LogP contribution >= 0.6 is 0 Å². The zero-order chi connectivity index (χ0) is 21.0. The molecule has 4 nitrogen and oxygen atoms in total. The number of aromatic hydroxyl groups is 2. The highest BCUT2D eigenvalue weighted by atomic mass is 16.3. The smallest absolute Gasteiger partial charge is 0.127 e. The van der Waals surface area contributed by atoms with Crippen molar-refractivity contribution in [1.82, 2.24) is 0 Å². The molecule has 4 heteroatoms. The number of rotatable bonds is 6. The molecule has 2 aromatic rings. The first kappa shape index (κ1) is 21.1. The molecule has 29 heavy (non-hydrogen) atoms. The van der Waals surface area contributed by atoms with Crippen molar-refractivity contribution in [2.45, 2.75) is 71.9 Å². The van der Waals surface area contributed by atoms with E-state index in [1.54, 1.807) is 0 Å². The lowest BCUT2D eigenvalue weighted by Crippen LogP contribution is -2.03. The predicted molar refractivity (Wildman–Crippen MR) is 121 cm³/mol. The molecule has 0 aliphatic heterocycles. The Balaban J connectivity index is 1.67. The van der Waals surface area contributed by atoms with Gasteiger partial charge in [0.2, 0.25) is 0 Å². The Morgan fingerprint density at radius 3 is 1.59 bits per heavy atom. The Labute approximate surface area is 174 Å². The average Bonchev–Trinajstić information content (AvgIpc) is 3.17. The summed E-state index contributed by atoms with van der Waals surface area (Å²) in [6, 6.07) is 8.53. The van der Waals surface area contributed by atoms with Crippen LogP contribution in [-0.2, 0) is 12.8 Å². The molecule has 0 spiro atoms. The van der Waals surface area contributed by atoms with Gasteiger partial charge in [-0.25, -0.2) is 0 Å². The second kappa shape index (κ2) is 9.25. The third-order valence-electron chi connectivity index (χ3n) is 5.82. The maximum Gasteiger partial charge on any atom is 0.127 e. The van der Waals surface area contributed by atoms with Gasteiger partial charge in [0.05, 0.1) is 12.1 Å². The van der Waals surface area contributed by atoms with Gasteiger partial charge in [0, 0.05) is 23.6 Å². The normalized spacial score (nSPS) is 19.6. The molecule has 0 radical (unpaired) electrons. The van der Waals surface area contributed by atoms with E-state index in [-0.39, 0.29) is 12.1 Å². The van der Waals surface area contributed by atoms with Crippen LogP contribution in [0.4, 0.5) is 0 Å². The quantitative estimate of drug-likeness (QED) is 0.655. The van der Waals surface area contributed by atoms with E-state index in [1.165, 1.54) is 11.1 Å². The van der Waals surface area contributed by atoms with Crippen molar-refractivity contribution in [3.05, 3.63) is 57.6 Å². The highest BCUT2D eigenvalue weighted by molar-refractivity contribution is 5.85. The van der Waals surface area contributed by atoms with E-state index in [1.807, 2.05) is 50.5 Å². The number of phenols is 2. The van der Waals surface area contributed by atoms with Crippen LogP contribution in [0.3, 0.4) is 0 Å². The highest BCUT2D eigenvalue weighted by Gasteiger charge is 2.23. The second-order valence-corrected chi connectivity index (χ2v) is 8.09. The molecule has 2 atom stereocenters. The Kier molecular flexibility index (Phi) is 6.73. The summed E-state index contributed by atoms with van der Waals surface area (Å²) < 4.78 is 0. The number of nitrogens with zero attached hydrogens (tertiary/aromatic N) is 2. The fourth-order valence-corrected chi connectivity index (χ4v) is 3.95. The Hall–Kier alpha value is -2.62. The molecule has 0 aromatic heterocycles. The maximum atomic E-state index is 10.3. The van der Waals surface area contributed by atoms with Crippen molar-refractivity contribution in [2.75, 3.05) is 0 Å². The Morgan fingerprint density at radius 1 is 0.793 bits per heavy atom. The summed E-state index contributed by atoms with van der Waals surface area (Å²) in [6.45, 7) is 8.08. The van der Waals surface area contributed by atoms with Crippen molar-refractivity contribution < 1.29 is 10.2 Å². The van der Waals surface area contributed by atoms with Crippen LogP contribution in [0, 0.1) is 13.8 Å². The SMILES string of the molecule is CCc1cc(C)c(O)c(C=NC2CCC(N=Cc3cc(CC)cc(C)c3O)C2)c1. The molecule has 2 N–H and O–H groups in total. The van der Waals surface area contributed by atoms with Crippen molar-refractivity contribution in [1.29, 1.82) is 0 Å². The van der Waals surface area contributed by atoms with Gasteiger partial charge >= 0.3 is 0 Å². The standard InChI is InChI=1S/C25H32N2O2/c1-5-18-9-16(3)24(28)20(11-18)14-26-22-7-8-23(13-22)27-15-21-12-19(6-2)10-17(4)25(21)29/h9-12,14-15,22-23,28-29H,5-8,13H2,1-4H3. The van der Waals surface area contributed by atoms with E-state index < -0.39 is 0 Å². The van der Waals surface area contributed by atoms with E-state index in [2.05, 4.69) is 13.8 Å². The molecule has 1 aliphatic carbocycles. The van der Waals surface area contributed by atoms with Gasteiger partial charge in [0.15, 0.2) is 0 Å². The topological polar surface area (TPSA) is 65.2 Å². The van der Waals surface area contributed by atoms with Crippen LogP contribution in [0.25, 0.3) is 0 Å². The van der Waals surface area contributed by atoms with Crippen LogP contribution in [0.15, 0.2) is 34.3 Å². The fourth-order valence-electron chi connectivity index (χ4n) is 3.95. The first-order valence-corrected chi connectivity index (χ1v) is 10.6. The van der Waals surface area contributed by atoms with E-state index in [9.17, 15) is 10.2 Å². The molecule has 2 unspecified atom stereocenters. The fraction of sp³-hybridized carbons (Fsp3) is 0.440. The van der Waals surface area contributed by atoms with Crippen molar-refractivity contribution in [2.24, 2.45) is 9.98 Å². The molecular weight excluding hydrogens is 360 g/mol. The summed E-state index contributed by atoms with van der Waals surface area (Å²) in [5.41, 5.74) is 5.80. The molecule has 2 aromatic carbocycles. The van der Waals surface area contributed by atoms with E-state index in [0.717, 1.165) is 54.4 Å². The molecule has 1 aliphatic rings. The van der Waals surface area contributed by atoms with E-state index in [0.29, 0.717) is 11.5 Å². The summed E-state index contributed by atoms with van der Waals surface area (Å²) in [6.07, 6.45) is 8.39. The first-order valence-electron chi connectivity index (χ1n) is 10.6. The van der Waals surface area contributed by atoms with Gasteiger partial charge in [-0.2, -0.15) is 0 Å². The number of benzene rings is 2. The van der Waals surface area contributed by atoms with Crippen molar-refractivity contribution in [3.8, 4) is 11.5 Å². The summed E-state index contributed by atoms with van der Waals surface area (Å²) >= 11 is 0. The predicted octanol–water partition coefficient (Wildman–Crippen LogP) is 5.30. The Morgan fingerprint density at radius 2 is 1.21 bits per heavy atom. The van der Waals surface area contributed by atoms with Gasteiger partial charge in [-0.1, -0.05) is 26.0 Å². The van der Waals surface area contributed by atoms with Crippen LogP contribution in [0.1, 0.15) is 66.5 Å².